The first-order chi connectivity index (χ1) is 20.3. The first kappa shape index (κ1) is 31.3. The summed E-state index contributed by atoms with van der Waals surface area (Å²) in [5, 5.41) is 35.5. The van der Waals surface area contributed by atoms with Crippen molar-refractivity contribution in [2.24, 2.45) is 5.11 Å². The van der Waals surface area contributed by atoms with Gasteiger partial charge in [0.2, 0.25) is 0 Å². The molecule has 2 fully saturated rings. The van der Waals surface area contributed by atoms with Gasteiger partial charge in [0.1, 0.15) is 37.1 Å². The summed E-state index contributed by atoms with van der Waals surface area (Å²) >= 11 is 0. The van der Waals surface area contributed by atoms with E-state index in [9.17, 15) is 30.4 Å². The number of ether oxygens (including phenoxy) is 6. The lowest BCUT2D eigenvalue weighted by Crippen LogP contribution is -2.64. The quantitative estimate of drug-likeness (QED) is 0.141. The third-order valence-corrected chi connectivity index (χ3v) is 6.85. The number of hydrogen-bond donors (Lipinski definition) is 3. The van der Waals surface area contributed by atoms with Crippen molar-refractivity contribution in [3.05, 3.63) is 82.2 Å². The Morgan fingerprint density at radius 3 is 2.10 bits per heavy atom. The topological polar surface area (TPSA) is 199 Å². The monoisotopic (exact) mass is 587 g/mol. The Balaban J connectivity index is 1.60. The number of azide groups is 1. The molecule has 2 aromatic carbocycles. The molecule has 14 heteroatoms. The Kier molecular flexibility index (Phi) is 11.2. The molecular formula is C28H33N3O11. The number of aliphatic carboxylic acids is 1. The maximum Gasteiger partial charge on any atom is 0.335 e. The van der Waals surface area contributed by atoms with E-state index in [0.717, 1.165) is 11.1 Å². The molecule has 0 aliphatic carbocycles. The van der Waals surface area contributed by atoms with Crippen LogP contribution < -0.4 is 0 Å². The van der Waals surface area contributed by atoms with E-state index in [-0.39, 0.29) is 26.4 Å². The van der Waals surface area contributed by atoms with E-state index >= 15 is 0 Å². The molecule has 0 radical (unpaired) electrons. The molecule has 14 nitrogen and oxygen atoms in total. The average molecular weight is 588 g/mol. The number of carboxylic acid groups (broad SMARTS) is 1. The molecule has 2 heterocycles. The zero-order valence-electron chi connectivity index (χ0n) is 22.7. The third kappa shape index (κ3) is 8.03. The number of aliphatic hydroxyl groups is 2. The second kappa shape index (κ2) is 15.0. The van der Waals surface area contributed by atoms with Gasteiger partial charge >= 0.3 is 11.9 Å². The van der Waals surface area contributed by atoms with Crippen molar-refractivity contribution < 1.29 is 53.3 Å². The second-order valence-electron chi connectivity index (χ2n) is 9.81. The summed E-state index contributed by atoms with van der Waals surface area (Å²) in [4.78, 5) is 26.5. The van der Waals surface area contributed by atoms with Crippen molar-refractivity contribution in [3.63, 3.8) is 0 Å². The first-order valence-corrected chi connectivity index (χ1v) is 13.3. The predicted molar refractivity (Wildman–Crippen MR) is 143 cm³/mol. The van der Waals surface area contributed by atoms with Crippen molar-refractivity contribution in [1.82, 2.24) is 0 Å². The predicted octanol–water partition coefficient (Wildman–Crippen LogP) is 1.71. The number of hydrogen-bond acceptors (Lipinski definition) is 11. The Morgan fingerprint density at radius 1 is 0.952 bits per heavy atom. The van der Waals surface area contributed by atoms with Crippen LogP contribution in [0, 0.1) is 0 Å². The Hall–Kier alpha value is -3.59. The highest BCUT2D eigenvalue weighted by Gasteiger charge is 2.52. The minimum Gasteiger partial charge on any atom is -0.479 e. The summed E-state index contributed by atoms with van der Waals surface area (Å²) in [7, 11) is 0. The summed E-state index contributed by atoms with van der Waals surface area (Å²) in [5.74, 6) is -2.09. The van der Waals surface area contributed by atoms with Crippen LogP contribution in [0.5, 0.6) is 0 Å². The molecule has 42 heavy (non-hydrogen) atoms. The molecule has 2 aliphatic rings. The molecular weight excluding hydrogens is 554 g/mol. The summed E-state index contributed by atoms with van der Waals surface area (Å²) in [6.45, 7) is 0.878. The zero-order chi connectivity index (χ0) is 30.1. The molecule has 0 aromatic heterocycles. The van der Waals surface area contributed by atoms with E-state index in [2.05, 4.69) is 10.0 Å². The molecule has 226 valence electrons. The highest BCUT2D eigenvalue weighted by molar-refractivity contribution is 5.73. The number of carboxylic acids is 1. The summed E-state index contributed by atoms with van der Waals surface area (Å²) in [6.07, 6.45) is -11.4. The lowest BCUT2D eigenvalue weighted by atomic mass is 9.96. The van der Waals surface area contributed by atoms with Crippen LogP contribution in [-0.2, 0) is 51.2 Å². The van der Waals surface area contributed by atoms with Gasteiger partial charge in [0.05, 0.1) is 32.0 Å². The number of carbonyl (C=O) groups is 2. The minimum atomic E-state index is -1.81. The molecule has 0 saturated carbocycles. The molecule has 7 unspecified atom stereocenters. The van der Waals surface area contributed by atoms with Crippen molar-refractivity contribution in [2.75, 3.05) is 13.2 Å². The maximum atomic E-state index is 12.0. The molecule has 4 rings (SSSR count). The molecule has 0 spiro atoms. The van der Waals surface area contributed by atoms with Crippen molar-refractivity contribution in [2.45, 2.75) is 75.2 Å². The van der Waals surface area contributed by atoms with E-state index < -0.39 is 67.0 Å². The summed E-state index contributed by atoms with van der Waals surface area (Å²) < 4.78 is 34.5. The third-order valence-electron chi connectivity index (χ3n) is 6.85. The SMILES string of the molecule is CC(=O)OCC1OCC(N=[N+]=[N-])C(OCc2ccccc2)[C@@H]1OC1OC(C(=O)O)[C@@H](O)C(OCc2ccccc2)C1O. The number of aliphatic hydroxyl groups excluding tert-OH is 2. The van der Waals surface area contributed by atoms with Crippen LogP contribution >= 0.6 is 0 Å². The van der Waals surface area contributed by atoms with Gasteiger partial charge in [0.25, 0.3) is 0 Å². The van der Waals surface area contributed by atoms with E-state index in [0.29, 0.717) is 0 Å². The highest BCUT2D eigenvalue weighted by Crippen LogP contribution is 2.31. The van der Waals surface area contributed by atoms with Gasteiger partial charge in [-0.2, -0.15) is 0 Å². The van der Waals surface area contributed by atoms with Crippen LogP contribution in [0.4, 0.5) is 0 Å². The summed E-state index contributed by atoms with van der Waals surface area (Å²) in [5.41, 5.74) is 10.7. The first-order valence-electron chi connectivity index (χ1n) is 13.3. The van der Waals surface area contributed by atoms with Gasteiger partial charge in [-0.25, -0.2) is 4.79 Å². The fourth-order valence-electron chi connectivity index (χ4n) is 4.76. The van der Waals surface area contributed by atoms with Gasteiger partial charge in [0.15, 0.2) is 12.4 Å². The second-order valence-corrected chi connectivity index (χ2v) is 9.81. The average Bonchev–Trinajstić information content (AvgIpc) is 2.98. The lowest BCUT2D eigenvalue weighted by Gasteiger charge is -2.46. The number of rotatable bonds is 12. The number of carbonyl (C=O) groups excluding carboxylic acids is 1. The fraction of sp³-hybridized carbons (Fsp3) is 0.500. The molecule has 2 aromatic rings. The Morgan fingerprint density at radius 2 is 1.55 bits per heavy atom. The van der Waals surface area contributed by atoms with Gasteiger partial charge in [-0.05, 0) is 16.7 Å². The Labute approximate surface area is 241 Å². The van der Waals surface area contributed by atoms with Gasteiger partial charge in [-0.15, -0.1) is 0 Å². The van der Waals surface area contributed by atoms with E-state index in [4.69, 9.17) is 28.4 Å². The normalized spacial score (nSPS) is 31.1. The molecule has 0 amide bonds. The molecule has 9 atom stereocenters. The number of nitrogens with zero attached hydrogens (tertiary/aromatic N) is 3. The van der Waals surface area contributed by atoms with Crippen molar-refractivity contribution >= 4 is 11.9 Å². The minimum absolute atomic E-state index is 0.0396. The molecule has 2 saturated heterocycles. The van der Waals surface area contributed by atoms with Crippen LogP contribution in [0.15, 0.2) is 65.8 Å². The lowest BCUT2D eigenvalue weighted by molar-refractivity contribution is -0.333. The van der Waals surface area contributed by atoms with Gasteiger partial charge in [0, 0.05) is 11.8 Å². The summed E-state index contributed by atoms with van der Waals surface area (Å²) in [6, 6.07) is 17.2. The Bertz CT molecular complexity index is 1210. The molecule has 3 N–H and O–H groups in total. The van der Waals surface area contributed by atoms with Gasteiger partial charge < -0.3 is 43.7 Å². The standard InChI is InChI=1S/C28H33N3O11/c1-16(32)37-15-20-24(23(19(14-38-20)30-31-29)39-12-17-8-4-2-5-9-17)41-28-22(34)25(21(33)26(42-28)27(35)36)40-13-18-10-6-3-7-11-18/h2-11,19-26,28,33-34H,12-15H2,1H3,(H,35,36)/t19?,20?,21-,22?,23?,24+,25?,26?,28?/m0/s1. The van der Waals surface area contributed by atoms with Crippen LogP contribution in [-0.4, -0.2) is 95.5 Å². The maximum absolute atomic E-state index is 12.0. The van der Waals surface area contributed by atoms with Crippen LogP contribution in [0.1, 0.15) is 18.1 Å². The zero-order valence-corrected chi connectivity index (χ0v) is 22.7. The van der Waals surface area contributed by atoms with E-state index in [1.165, 1.54) is 6.92 Å². The van der Waals surface area contributed by atoms with Crippen LogP contribution in [0.25, 0.3) is 10.4 Å². The van der Waals surface area contributed by atoms with E-state index in [1.54, 1.807) is 24.3 Å². The van der Waals surface area contributed by atoms with Crippen LogP contribution in [0.3, 0.4) is 0 Å². The molecule has 0 bridgehead atoms. The van der Waals surface area contributed by atoms with Gasteiger partial charge in [-0.3, -0.25) is 4.79 Å². The van der Waals surface area contributed by atoms with Crippen LogP contribution in [0.2, 0.25) is 0 Å². The van der Waals surface area contributed by atoms with Crippen molar-refractivity contribution in [3.8, 4) is 0 Å². The van der Waals surface area contributed by atoms with Crippen molar-refractivity contribution in [1.29, 1.82) is 0 Å². The number of esters is 1. The van der Waals surface area contributed by atoms with Gasteiger partial charge in [-0.1, -0.05) is 65.8 Å². The fourth-order valence-corrected chi connectivity index (χ4v) is 4.76. The smallest absolute Gasteiger partial charge is 0.335 e. The highest BCUT2D eigenvalue weighted by atomic mass is 16.7. The molecule has 2 aliphatic heterocycles. The van der Waals surface area contributed by atoms with E-state index in [1.807, 2.05) is 36.4 Å². The number of benzene rings is 2. The largest absolute Gasteiger partial charge is 0.479 e.